The van der Waals surface area contributed by atoms with Gasteiger partial charge in [0.25, 0.3) is 0 Å². The molecule has 0 spiro atoms. The fourth-order valence-electron chi connectivity index (χ4n) is 1.76. The molecule has 2 rings (SSSR count). The van der Waals surface area contributed by atoms with Gasteiger partial charge in [0.2, 0.25) is 0 Å². The number of alkyl halides is 1. The van der Waals surface area contributed by atoms with Crippen LogP contribution in [-0.2, 0) is 4.74 Å². The van der Waals surface area contributed by atoms with Gasteiger partial charge in [-0.1, -0.05) is 29.3 Å². The molecule has 1 aromatic carbocycles. The molecule has 1 aliphatic rings. The molecule has 1 aromatic rings. The van der Waals surface area contributed by atoms with Crippen LogP contribution in [0.4, 0.5) is 0 Å². The predicted molar refractivity (Wildman–Crippen MR) is 64.0 cm³/mol. The lowest BCUT2D eigenvalue weighted by Crippen LogP contribution is -2.08. The summed E-state index contributed by atoms with van der Waals surface area (Å²) < 4.78 is 5.31. The molecule has 1 fully saturated rings. The van der Waals surface area contributed by atoms with E-state index in [-0.39, 0.29) is 5.38 Å². The highest BCUT2D eigenvalue weighted by Crippen LogP contribution is 2.38. The third-order valence-electron chi connectivity index (χ3n) is 2.64. The fraction of sp³-hybridized carbons (Fsp3) is 0.455. The summed E-state index contributed by atoms with van der Waals surface area (Å²) in [5.41, 5.74) is 0.943. The average molecular weight is 266 g/mol. The molecular weight excluding hydrogens is 254 g/mol. The largest absolute Gasteiger partial charge is 0.381 e. The van der Waals surface area contributed by atoms with Crippen LogP contribution in [0.2, 0.25) is 10.0 Å². The highest BCUT2D eigenvalue weighted by molar-refractivity contribution is 6.35. The number of hydrogen-bond donors (Lipinski definition) is 0. The summed E-state index contributed by atoms with van der Waals surface area (Å²) in [4.78, 5) is 0. The molecule has 0 saturated carbocycles. The van der Waals surface area contributed by atoms with Gasteiger partial charge < -0.3 is 4.74 Å². The van der Waals surface area contributed by atoms with E-state index in [0.717, 1.165) is 18.6 Å². The van der Waals surface area contributed by atoms with E-state index >= 15 is 0 Å². The van der Waals surface area contributed by atoms with Crippen LogP contribution in [0.1, 0.15) is 17.4 Å². The van der Waals surface area contributed by atoms with Crippen LogP contribution in [-0.4, -0.2) is 13.2 Å². The van der Waals surface area contributed by atoms with E-state index in [1.807, 2.05) is 12.1 Å². The molecule has 0 aromatic heterocycles. The van der Waals surface area contributed by atoms with Crippen molar-refractivity contribution in [3.63, 3.8) is 0 Å². The molecule has 0 N–H and O–H groups in total. The highest BCUT2D eigenvalue weighted by atomic mass is 35.5. The van der Waals surface area contributed by atoms with Crippen LogP contribution in [0.25, 0.3) is 0 Å². The summed E-state index contributed by atoms with van der Waals surface area (Å²) in [6.07, 6.45) is 0.993. The Hall–Kier alpha value is 0.0500. The van der Waals surface area contributed by atoms with Gasteiger partial charge in [-0.05, 0) is 24.1 Å². The molecule has 0 bridgehead atoms. The second kappa shape index (κ2) is 4.92. The van der Waals surface area contributed by atoms with Crippen molar-refractivity contribution in [3.05, 3.63) is 33.8 Å². The molecule has 0 amide bonds. The first-order valence-corrected chi connectivity index (χ1v) is 6.04. The third kappa shape index (κ3) is 2.59. The number of hydrogen-bond acceptors (Lipinski definition) is 1. The molecule has 82 valence electrons. The molecule has 0 radical (unpaired) electrons. The number of ether oxygens (including phenoxy) is 1. The first-order valence-electron chi connectivity index (χ1n) is 4.85. The van der Waals surface area contributed by atoms with Crippen molar-refractivity contribution < 1.29 is 4.74 Å². The maximum Gasteiger partial charge on any atom is 0.0650 e. The van der Waals surface area contributed by atoms with Crippen LogP contribution in [0.15, 0.2) is 18.2 Å². The van der Waals surface area contributed by atoms with Crippen molar-refractivity contribution in [2.45, 2.75) is 11.8 Å². The molecule has 1 saturated heterocycles. The first-order chi connectivity index (χ1) is 7.18. The average Bonchev–Trinajstić information content (AvgIpc) is 2.69. The van der Waals surface area contributed by atoms with E-state index in [9.17, 15) is 0 Å². The summed E-state index contributed by atoms with van der Waals surface area (Å²) in [5, 5.41) is 1.18. The summed E-state index contributed by atoms with van der Waals surface area (Å²) in [6.45, 7) is 1.51. The maximum absolute atomic E-state index is 6.36. The van der Waals surface area contributed by atoms with Gasteiger partial charge >= 0.3 is 0 Å². The summed E-state index contributed by atoms with van der Waals surface area (Å²) in [6, 6.07) is 5.43. The van der Waals surface area contributed by atoms with Gasteiger partial charge in [-0.25, -0.2) is 0 Å². The van der Waals surface area contributed by atoms with Gasteiger partial charge in [0, 0.05) is 22.6 Å². The van der Waals surface area contributed by atoms with Crippen molar-refractivity contribution in [3.8, 4) is 0 Å². The Labute approximate surface area is 104 Å². The summed E-state index contributed by atoms with van der Waals surface area (Å²) in [7, 11) is 0. The molecule has 2 unspecified atom stereocenters. The Morgan fingerprint density at radius 1 is 1.33 bits per heavy atom. The monoisotopic (exact) mass is 264 g/mol. The first kappa shape index (κ1) is 11.5. The Morgan fingerprint density at radius 2 is 2.13 bits per heavy atom. The minimum atomic E-state index is -0.0859. The molecule has 1 aliphatic heterocycles. The number of halogens is 3. The van der Waals surface area contributed by atoms with Crippen LogP contribution in [0, 0.1) is 5.92 Å². The molecule has 1 heterocycles. The summed E-state index contributed by atoms with van der Waals surface area (Å²) >= 11 is 18.3. The van der Waals surface area contributed by atoms with Gasteiger partial charge in [-0.15, -0.1) is 11.6 Å². The van der Waals surface area contributed by atoms with E-state index in [4.69, 9.17) is 39.5 Å². The molecular formula is C11H11Cl3O. The van der Waals surface area contributed by atoms with Gasteiger partial charge in [0.05, 0.1) is 12.0 Å². The Balaban J connectivity index is 2.20. The van der Waals surface area contributed by atoms with Crippen LogP contribution >= 0.6 is 34.8 Å². The van der Waals surface area contributed by atoms with Crippen molar-refractivity contribution in [2.24, 2.45) is 5.92 Å². The SMILES string of the molecule is Clc1ccc(C(Cl)C2CCOC2)c(Cl)c1. The van der Waals surface area contributed by atoms with Crippen LogP contribution < -0.4 is 0 Å². The quantitative estimate of drug-likeness (QED) is 0.724. The molecule has 15 heavy (non-hydrogen) atoms. The van der Waals surface area contributed by atoms with Gasteiger partial charge in [0.1, 0.15) is 0 Å². The zero-order valence-electron chi connectivity index (χ0n) is 8.05. The zero-order chi connectivity index (χ0) is 10.8. The lowest BCUT2D eigenvalue weighted by molar-refractivity contribution is 0.185. The second-order valence-corrected chi connectivity index (χ2v) is 5.01. The molecule has 4 heteroatoms. The highest BCUT2D eigenvalue weighted by Gasteiger charge is 2.26. The Kier molecular flexibility index (Phi) is 3.78. The van der Waals surface area contributed by atoms with Crippen molar-refractivity contribution >= 4 is 34.8 Å². The minimum absolute atomic E-state index is 0.0859. The van der Waals surface area contributed by atoms with Crippen LogP contribution in [0.5, 0.6) is 0 Å². The van der Waals surface area contributed by atoms with E-state index < -0.39 is 0 Å². The minimum Gasteiger partial charge on any atom is -0.381 e. The second-order valence-electron chi connectivity index (χ2n) is 3.69. The van der Waals surface area contributed by atoms with Gasteiger partial charge in [-0.3, -0.25) is 0 Å². The number of benzene rings is 1. The molecule has 2 atom stereocenters. The lowest BCUT2D eigenvalue weighted by Gasteiger charge is -2.17. The summed E-state index contributed by atoms with van der Waals surface area (Å²) in [5.74, 6) is 0.352. The smallest absolute Gasteiger partial charge is 0.0650 e. The third-order valence-corrected chi connectivity index (χ3v) is 3.79. The zero-order valence-corrected chi connectivity index (χ0v) is 10.3. The Bertz CT molecular complexity index is 348. The van der Waals surface area contributed by atoms with Crippen molar-refractivity contribution in [1.82, 2.24) is 0 Å². The van der Waals surface area contributed by atoms with E-state index in [0.29, 0.717) is 22.6 Å². The van der Waals surface area contributed by atoms with E-state index in [1.54, 1.807) is 6.07 Å². The fourth-order valence-corrected chi connectivity index (χ4v) is 2.73. The van der Waals surface area contributed by atoms with Gasteiger partial charge in [-0.2, -0.15) is 0 Å². The predicted octanol–water partition coefficient (Wildman–Crippen LogP) is 4.31. The standard InChI is InChI=1S/C11H11Cl3O/c12-8-1-2-9(10(13)5-8)11(14)7-3-4-15-6-7/h1-2,5,7,11H,3-4,6H2. The van der Waals surface area contributed by atoms with Crippen molar-refractivity contribution in [2.75, 3.05) is 13.2 Å². The van der Waals surface area contributed by atoms with Crippen LogP contribution in [0.3, 0.4) is 0 Å². The Morgan fingerprint density at radius 3 is 2.73 bits per heavy atom. The maximum atomic E-state index is 6.36. The van der Waals surface area contributed by atoms with Gasteiger partial charge in [0.15, 0.2) is 0 Å². The normalized spacial score (nSPS) is 23.0. The molecule has 1 nitrogen and oxygen atoms in total. The number of rotatable bonds is 2. The van der Waals surface area contributed by atoms with E-state index in [2.05, 4.69) is 0 Å². The van der Waals surface area contributed by atoms with Crippen molar-refractivity contribution in [1.29, 1.82) is 0 Å². The molecule has 0 aliphatic carbocycles. The van der Waals surface area contributed by atoms with E-state index in [1.165, 1.54) is 0 Å². The lowest BCUT2D eigenvalue weighted by atomic mass is 9.98. The topological polar surface area (TPSA) is 9.23 Å².